The van der Waals surface area contributed by atoms with Crippen LogP contribution in [0.1, 0.15) is 66.2 Å². The molecule has 1 saturated carbocycles. The molecule has 2 spiro atoms. The zero-order valence-corrected chi connectivity index (χ0v) is 24.0. The van der Waals surface area contributed by atoms with Crippen LogP contribution in [0.25, 0.3) is 0 Å². The monoisotopic (exact) mass is 602 g/mol. The third-order valence-corrected chi connectivity index (χ3v) is 7.11. The summed E-state index contributed by atoms with van der Waals surface area (Å²) in [5.74, 6) is -10.7. The van der Waals surface area contributed by atoms with E-state index in [1.807, 2.05) is 0 Å². The van der Waals surface area contributed by atoms with Crippen LogP contribution in [0.4, 0.5) is 0 Å². The highest BCUT2D eigenvalue weighted by Crippen LogP contribution is 2.45. The fourth-order valence-electron chi connectivity index (χ4n) is 4.60. The van der Waals surface area contributed by atoms with E-state index in [-0.39, 0.29) is 50.7 Å². The summed E-state index contributed by atoms with van der Waals surface area (Å²) in [6, 6.07) is 0. The Morgan fingerprint density at radius 2 is 1.44 bits per heavy atom. The van der Waals surface area contributed by atoms with Gasteiger partial charge in [0.15, 0.2) is 11.6 Å². The largest absolute Gasteiger partial charge is 0.574 e. The maximum atomic E-state index is 12.7. The molecule has 4 aliphatic rings. The predicted molar refractivity (Wildman–Crippen MR) is 135 cm³/mol. The van der Waals surface area contributed by atoms with Crippen molar-refractivity contribution in [1.29, 1.82) is 0 Å². The Labute approximate surface area is 246 Å². The Balaban J connectivity index is 1.37. The van der Waals surface area contributed by atoms with E-state index in [2.05, 4.69) is 0 Å². The van der Waals surface area contributed by atoms with Crippen molar-refractivity contribution in [1.82, 2.24) is 0 Å². The lowest BCUT2D eigenvalue weighted by Gasteiger charge is -2.50. The Kier molecular flexibility index (Phi) is 8.60. The molecule has 43 heavy (non-hydrogen) atoms. The number of carbonyl (C=O) groups excluding carboxylic acids is 5. The average molecular weight is 603 g/mol. The topological polar surface area (TPSA) is 196 Å². The summed E-state index contributed by atoms with van der Waals surface area (Å²) < 4.78 is 36.7. The number of hydrogen-bond acceptors (Lipinski definition) is 14. The van der Waals surface area contributed by atoms with Gasteiger partial charge in [-0.3, -0.25) is 4.79 Å². The SMILES string of the molecule is CCOC(=O)CCC1(C)OC(=O)C(/C=C/C(C)=C/C=C2C(=O)OC3(CCC4(CC3)OC(=O)C(C)=C([O-])O4)OC2=O)=C([O-])O1. The normalized spacial score (nSPS) is 29.6. The second kappa shape index (κ2) is 11.9. The van der Waals surface area contributed by atoms with Crippen molar-refractivity contribution in [2.75, 3.05) is 6.61 Å². The molecular weight excluding hydrogens is 572 g/mol. The van der Waals surface area contributed by atoms with Crippen molar-refractivity contribution in [3.8, 4) is 0 Å². The lowest BCUT2D eigenvalue weighted by atomic mass is 9.87. The molecule has 1 aliphatic carbocycles. The fraction of sp³-hybridized carbons (Fsp3) is 0.483. The summed E-state index contributed by atoms with van der Waals surface area (Å²) in [7, 11) is 0. The quantitative estimate of drug-likeness (QED) is 0.131. The van der Waals surface area contributed by atoms with Crippen molar-refractivity contribution in [2.24, 2.45) is 0 Å². The van der Waals surface area contributed by atoms with Crippen LogP contribution in [0.5, 0.6) is 0 Å². The number of rotatable bonds is 7. The molecular formula is C29H30O14-2. The van der Waals surface area contributed by atoms with Crippen LogP contribution in [0.15, 0.2) is 58.5 Å². The summed E-state index contributed by atoms with van der Waals surface area (Å²) in [5, 5.41) is 24.4. The molecule has 232 valence electrons. The van der Waals surface area contributed by atoms with Gasteiger partial charge in [0.1, 0.15) is 5.57 Å². The second-order valence-electron chi connectivity index (χ2n) is 10.5. The molecule has 3 aliphatic heterocycles. The van der Waals surface area contributed by atoms with Crippen LogP contribution in [-0.4, -0.2) is 53.8 Å². The number of hydrogen-bond donors (Lipinski definition) is 0. The van der Waals surface area contributed by atoms with E-state index in [9.17, 15) is 34.2 Å². The fourth-order valence-corrected chi connectivity index (χ4v) is 4.60. The minimum atomic E-state index is -1.63. The Morgan fingerprint density at radius 3 is 2.00 bits per heavy atom. The first-order valence-electron chi connectivity index (χ1n) is 13.5. The smallest absolute Gasteiger partial charge is 0.348 e. The summed E-state index contributed by atoms with van der Waals surface area (Å²) in [4.78, 5) is 61.5. The van der Waals surface area contributed by atoms with Gasteiger partial charge in [-0.25, -0.2) is 19.2 Å². The third-order valence-electron chi connectivity index (χ3n) is 7.11. The maximum Gasteiger partial charge on any atom is 0.348 e. The van der Waals surface area contributed by atoms with Crippen LogP contribution in [0.3, 0.4) is 0 Å². The van der Waals surface area contributed by atoms with Crippen LogP contribution in [0.2, 0.25) is 0 Å². The van der Waals surface area contributed by atoms with Crippen molar-refractivity contribution in [3.63, 3.8) is 0 Å². The van der Waals surface area contributed by atoms with Gasteiger partial charge >= 0.3 is 29.8 Å². The highest BCUT2D eigenvalue weighted by molar-refractivity contribution is 6.15. The minimum absolute atomic E-state index is 0.0462. The first-order valence-corrected chi connectivity index (χ1v) is 13.5. The molecule has 0 aromatic rings. The lowest BCUT2D eigenvalue weighted by Crippen LogP contribution is -2.55. The summed E-state index contributed by atoms with van der Waals surface area (Å²) in [6.07, 6.45) is 4.63. The van der Waals surface area contributed by atoms with Gasteiger partial charge in [-0.15, -0.1) is 0 Å². The Morgan fingerprint density at radius 1 is 0.860 bits per heavy atom. The molecule has 2 fully saturated rings. The Bertz CT molecular complexity index is 1360. The molecule has 0 aromatic heterocycles. The van der Waals surface area contributed by atoms with Gasteiger partial charge in [-0.1, -0.05) is 17.7 Å². The summed E-state index contributed by atoms with van der Waals surface area (Å²) >= 11 is 0. The molecule has 0 radical (unpaired) electrons. The summed E-state index contributed by atoms with van der Waals surface area (Å²) in [6.45, 7) is 6.05. The van der Waals surface area contributed by atoms with Crippen LogP contribution in [-0.2, 0) is 57.1 Å². The van der Waals surface area contributed by atoms with Crippen molar-refractivity contribution >= 4 is 29.8 Å². The van der Waals surface area contributed by atoms with Gasteiger partial charge < -0.3 is 43.4 Å². The lowest BCUT2D eigenvalue weighted by molar-refractivity contribution is -0.407. The Hall–Kier alpha value is -4.75. The maximum absolute atomic E-state index is 12.7. The van der Waals surface area contributed by atoms with Gasteiger partial charge in [-0.2, -0.15) is 0 Å². The number of cyclic esters (lactones) is 1. The number of esters is 5. The molecule has 1 unspecified atom stereocenters. The van der Waals surface area contributed by atoms with Gasteiger partial charge in [0, 0.05) is 32.1 Å². The van der Waals surface area contributed by atoms with Gasteiger partial charge in [0.2, 0.25) is 0 Å². The standard InChI is InChI=1S/C29H32O14/c1-5-37-20(30)10-11-27(4)38-23(33)18(24(34)39-27)8-6-16(2)7-9-19-25(35)42-29(43-26(19)36)14-12-28(13-15-29)40-21(31)17(3)22(32)41-28/h6-9,31,33H,5,10-15H2,1-4H3/p-2/b8-6+,16-7+,19-9?. The van der Waals surface area contributed by atoms with E-state index in [1.54, 1.807) is 13.8 Å². The summed E-state index contributed by atoms with van der Waals surface area (Å²) in [5.41, 5.74) is -0.562. The molecule has 4 rings (SSSR count). The van der Waals surface area contributed by atoms with E-state index in [0.717, 1.165) is 6.08 Å². The molecule has 1 saturated heterocycles. The van der Waals surface area contributed by atoms with Crippen LogP contribution < -0.4 is 10.2 Å². The number of ether oxygens (including phenoxy) is 7. The van der Waals surface area contributed by atoms with Crippen LogP contribution in [0, 0.1) is 0 Å². The predicted octanol–water partition coefficient (Wildman–Crippen LogP) is 0.852. The number of carbonyl (C=O) groups is 5. The first kappa shape index (κ1) is 31.2. The zero-order chi connectivity index (χ0) is 31.6. The minimum Gasteiger partial charge on any atom is -0.574 e. The first-order chi connectivity index (χ1) is 20.2. The van der Waals surface area contributed by atoms with Gasteiger partial charge in [0.05, 0.1) is 36.1 Å². The van der Waals surface area contributed by atoms with E-state index in [4.69, 9.17) is 33.2 Å². The number of allylic oxidation sites excluding steroid dienone is 4. The van der Waals surface area contributed by atoms with E-state index in [1.165, 1.54) is 32.1 Å². The molecule has 14 heteroatoms. The van der Waals surface area contributed by atoms with E-state index in [0.29, 0.717) is 5.57 Å². The zero-order valence-electron chi connectivity index (χ0n) is 24.0. The molecule has 0 N–H and O–H groups in total. The van der Waals surface area contributed by atoms with Gasteiger partial charge in [-0.05, 0) is 39.8 Å². The van der Waals surface area contributed by atoms with Gasteiger partial charge in [0.25, 0.3) is 5.79 Å². The van der Waals surface area contributed by atoms with E-state index >= 15 is 0 Å². The molecule has 14 nitrogen and oxygen atoms in total. The van der Waals surface area contributed by atoms with Crippen LogP contribution >= 0.6 is 0 Å². The van der Waals surface area contributed by atoms with Crippen molar-refractivity contribution < 1.29 is 67.3 Å². The molecule has 0 amide bonds. The highest BCUT2D eigenvalue weighted by atomic mass is 16.8. The average Bonchev–Trinajstić information content (AvgIpc) is 2.92. The highest BCUT2D eigenvalue weighted by Gasteiger charge is 2.53. The molecule has 1 atom stereocenters. The van der Waals surface area contributed by atoms with Crippen molar-refractivity contribution in [3.05, 3.63) is 58.5 Å². The molecule has 0 bridgehead atoms. The molecule has 3 heterocycles. The van der Waals surface area contributed by atoms with E-state index < -0.39 is 70.2 Å². The van der Waals surface area contributed by atoms with Crippen molar-refractivity contribution in [2.45, 2.75) is 83.6 Å². The third kappa shape index (κ3) is 6.84. The molecule has 0 aromatic carbocycles. The second-order valence-corrected chi connectivity index (χ2v) is 10.5.